The van der Waals surface area contributed by atoms with E-state index in [1.807, 2.05) is 32.2 Å². The van der Waals surface area contributed by atoms with Crippen molar-refractivity contribution in [2.24, 2.45) is 0 Å². The molecule has 0 saturated carbocycles. The summed E-state index contributed by atoms with van der Waals surface area (Å²) in [5.74, 6) is -0.0864. The van der Waals surface area contributed by atoms with Gasteiger partial charge in [0.1, 0.15) is 0 Å². The Morgan fingerprint density at radius 1 is 1.50 bits per heavy atom. The molecule has 0 amide bonds. The lowest BCUT2D eigenvalue weighted by molar-refractivity contribution is 0.0693. The molecule has 94 valence electrons. The van der Waals surface area contributed by atoms with E-state index in [4.69, 9.17) is 0 Å². The first-order valence-corrected chi connectivity index (χ1v) is 6.62. The van der Waals surface area contributed by atoms with Gasteiger partial charge in [0.15, 0.2) is 0 Å². The first kappa shape index (κ1) is 12.7. The Bertz CT molecular complexity index is 578. The van der Waals surface area contributed by atoms with E-state index in [1.165, 1.54) is 11.8 Å². The average Bonchev–Trinajstić information content (AvgIpc) is 2.75. The lowest BCUT2D eigenvalue weighted by atomic mass is 10.2. The highest BCUT2D eigenvalue weighted by Gasteiger charge is 2.17. The maximum absolute atomic E-state index is 11.4. The molecule has 4 nitrogen and oxygen atoms in total. The lowest BCUT2D eigenvalue weighted by Crippen LogP contribution is -2.07. The van der Waals surface area contributed by atoms with Crippen molar-refractivity contribution in [1.29, 1.82) is 0 Å². The molecule has 0 spiro atoms. The van der Waals surface area contributed by atoms with Crippen LogP contribution in [0.3, 0.4) is 0 Å². The van der Waals surface area contributed by atoms with Crippen molar-refractivity contribution in [3.63, 3.8) is 0 Å². The number of thioether (sulfide) groups is 1. The van der Waals surface area contributed by atoms with Crippen molar-refractivity contribution in [3.8, 4) is 5.69 Å². The zero-order chi connectivity index (χ0) is 13.1. The number of aryl methyl sites for hydroxylation is 1. The second kappa shape index (κ2) is 5.27. The minimum Gasteiger partial charge on any atom is -0.478 e. The van der Waals surface area contributed by atoms with Crippen molar-refractivity contribution in [2.75, 3.05) is 5.75 Å². The number of carboxylic acid groups (broad SMARTS) is 1. The summed E-state index contributed by atoms with van der Waals surface area (Å²) in [6, 6.07) is 5.46. The number of hydrogen-bond donors (Lipinski definition) is 1. The SMILES string of the molecule is CCSc1cccc(-n2cc(C)cn2)c1C(=O)O. The predicted octanol–water partition coefficient (Wildman–Crippen LogP) is 2.99. The van der Waals surface area contributed by atoms with Crippen LogP contribution < -0.4 is 0 Å². The molecule has 2 aromatic rings. The third-order valence-corrected chi connectivity index (χ3v) is 3.42. The summed E-state index contributed by atoms with van der Waals surface area (Å²) in [5.41, 5.74) is 1.92. The van der Waals surface area contributed by atoms with Crippen LogP contribution in [0, 0.1) is 6.92 Å². The van der Waals surface area contributed by atoms with Crippen LogP contribution in [0.15, 0.2) is 35.5 Å². The van der Waals surface area contributed by atoms with Crippen LogP contribution in [-0.2, 0) is 0 Å². The van der Waals surface area contributed by atoms with Gasteiger partial charge in [0.25, 0.3) is 0 Å². The third kappa shape index (κ3) is 2.41. The molecule has 1 aromatic heterocycles. The molecule has 1 heterocycles. The monoisotopic (exact) mass is 262 g/mol. The highest BCUT2D eigenvalue weighted by atomic mass is 32.2. The summed E-state index contributed by atoms with van der Waals surface area (Å²) in [4.78, 5) is 12.2. The second-order valence-corrected chi connectivity index (χ2v) is 5.16. The quantitative estimate of drug-likeness (QED) is 0.861. The fourth-order valence-electron chi connectivity index (χ4n) is 1.75. The molecule has 0 aliphatic carbocycles. The molecule has 0 bridgehead atoms. The van der Waals surface area contributed by atoms with Gasteiger partial charge in [0, 0.05) is 11.1 Å². The number of nitrogens with zero attached hydrogens (tertiary/aromatic N) is 2. The Kier molecular flexibility index (Phi) is 3.72. The molecule has 5 heteroatoms. The summed E-state index contributed by atoms with van der Waals surface area (Å²) in [6.07, 6.45) is 3.54. The molecule has 0 fully saturated rings. The molecule has 0 atom stereocenters. The van der Waals surface area contributed by atoms with Crippen LogP contribution >= 0.6 is 11.8 Å². The molecular formula is C13H14N2O2S. The van der Waals surface area contributed by atoms with E-state index in [1.54, 1.807) is 16.9 Å². The highest BCUT2D eigenvalue weighted by molar-refractivity contribution is 7.99. The summed E-state index contributed by atoms with van der Waals surface area (Å²) in [7, 11) is 0. The van der Waals surface area contributed by atoms with Gasteiger partial charge in [-0.15, -0.1) is 11.8 Å². The van der Waals surface area contributed by atoms with Gasteiger partial charge in [0.05, 0.1) is 17.4 Å². The summed E-state index contributed by atoms with van der Waals surface area (Å²) in [6.45, 7) is 3.93. The molecule has 2 rings (SSSR count). The zero-order valence-corrected chi connectivity index (χ0v) is 11.1. The van der Waals surface area contributed by atoms with E-state index in [2.05, 4.69) is 5.10 Å². The van der Waals surface area contributed by atoms with Gasteiger partial charge in [0.2, 0.25) is 0 Å². The molecule has 0 saturated heterocycles. The van der Waals surface area contributed by atoms with Crippen molar-refractivity contribution in [3.05, 3.63) is 41.7 Å². The van der Waals surface area contributed by atoms with Crippen LogP contribution in [0.5, 0.6) is 0 Å². The van der Waals surface area contributed by atoms with Gasteiger partial charge in [-0.3, -0.25) is 0 Å². The van der Waals surface area contributed by atoms with Crippen LogP contribution in [0.1, 0.15) is 22.8 Å². The minimum atomic E-state index is -0.922. The summed E-state index contributed by atoms with van der Waals surface area (Å²) < 4.78 is 1.61. The van der Waals surface area contributed by atoms with Crippen molar-refractivity contribution in [2.45, 2.75) is 18.7 Å². The molecule has 1 aromatic carbocycles. The number of carbonyl (C=O) groups is 1. The lowest BCUT2D eigenvalue weighted by Gasteiger charge is -2.10. The van der Waals surface area contributed by atoms with E-state index in [0.717, 1.165) is 16.2 Å². The molecular weight excluding hydrogens is 248 g/mol. The van der Waals surface area contributed by atoms with E-state index in [9.17, 15) is 9.90 Å². The third-order valence-electron chi connectivity index (χ3n) is 2.48. The van der Waals surface area contributed by atoms with Gasteiger partial charge in [-0.05, 0) is 30.4 Å². The second-order valence-electron chi connectivity index (χ2n) is 3.85. The highest BCUT2D eigenvalue weighted by Crippen LogP contribution is 2.27. The Labute approximate surface area is 110 Å². The Morgan fingerprint density at radius 2 is 2.28 bits per heavy atom. The largest absolute Gasteiger partial charge is 0.478 e. The van der Waals surface area contributed by atoms with Gasteiger partial charge in [-0.2, -0.15) is 5.10 Å². The van der Waals surface area contributed by atoms with Crippen LogP contribution in [0.25, 0.3) is 5.69 Å². The molecule has 0 aliphatic heterocycles. The Balaban J connectivity index is 2.59. The number of aromatic nitrogens is 2. The number of rotatable bonds is 4. The number of benzene rings is 1. The van der Waals surface area contributed by atoms with Gasteiger partial charge >= 0.3 is 5.97 Å². The molecule has 0 aliphatic rings. The number of hydrogen-bond acceptors (Lipinski definition) is 3. The zero-order valence-electron chi connectivity index (χ0n) is 10.3. The standard InChI is InChI=1S/C13H14N2O2S/c1-3-18-11-6-4-5-10(12(11)13(16)17)15-8-9(2)7-14-15/h4-8H,3H2,1-2H3,(H,16,17). The van der Waals surface area contributed by atoms with Crippen molar-refractivity contribution >= 4 is 17.7 Å². The van der Waals surface area contributed by atoms with Crippen molar-refractivity contribution in [1.82, 2.24) is 9.78 Å². The summed E-state index contributed by atoms with van der Waals surface area (Å²) >= 11 is 1.52. The molecule has 18 heavy (non-hydrogen) atoms. The first-order valence-electron chi connectivity index (χ1n) is 5.64. The van der Waals surface area contributed by atoms with E-state index in [-0.39, 0.29) is 0 Å². The molecule has 1 N–H and O–H groups in total. The van der Waals surface area contributed by atoms with Gasteiger partial charge in [-0.1, -0.05) is 13.0 Å². The Morgan fingerprint density at radius 3 is 2.83 bits per heavy atom. The maximum atomic E-state index is 11.4. The van der Waals surface area contributed by atoms with Crippen molar-refractivity contribution < 1.29 is 9.90 Å². The maximum Gasteiger partial charge on any atom is 0.339 e. The Hall–Kier alpha value is -1.75. The average molecular weight is 262 g/mol. The van der Waals surface area contributed by atoms with Gasteiger partial charge in [-0.25, -0.2) is 9.48 Å². The summed E-state index contributed by atoms with van der Waals surface area (Å²) in [5, 5.41) is 13.6. The smallest absolute Gasteiger partial charge is 0.339 e. The van der Waals surface area contributed by atoms with Gasteiger partial charge < -0.3 is 5.11 Å². The molecule has 0 radical (unpaired) electrons. The van der Waals surface area contributed by atoms with Crippen LogP contribution in [0.4, 0.5) is 0 Å². The topological polar surface area (TPSA) is 55.1 Å². The fourth-order valence-corrected chi connectivity index (χ4v) is 2.57. The normalized spacial score (nSPS) is 10.6. The fraction of sp³-hybridized carbons (Fsp3) is 0.231. The first-order chi connectivity index (χ1) is 8.63. The number of carboxylic acids is 1. The minimum absolute atomic E-state index is 0.312. The van der Waals surface area contributed by atoms with E-state index >= 15 is 0 Å². The van der Waals surface area contributed by atoms with E-state index < -0.39 is 5.97 Å². The molecule has 0 unspecified atom stereocenters. The predicted molar refractivity (Wildman–Crippen MR) is 71.7 cm³/mol. The van der Waals surface area contributed by atoms with Crippen LogP contribution in [-0.4, -0.2) is 26.6 Å². The number of aromatic carboxylic acids is 1. The van der Waals surface area contributed by atoms with E-state index in [0.29, 0.717) is 11.3 Å². The van der Waals surface area contributed by atoms with Crippen LogP contribution in [0.2, 0.25) is 0 Å².